The summed E-state index contributed by atoms with van der Waals surface area (Å²) in [5.41, 5.74) is 4.91. The van der Waals surface area contributed by atoms with Gasteiger partial charge in [-0.05, 0) is 6.92 Å². The first-order chi connectivity index (χ1) is 3.55. The zero-order chi connectivity index (χ0) is 6.73. The summed E-state index contributed by atoms with van der Waals surface area (Å²) in [5, 5.41) is 16.6. The Balaban J connectivity index is -0.000000245. The van der Waals surface area contributed by atoms with Crippen LogP contribution in [0.25, 0.3) is 0 Å². The molecule has 0 aromatic heterocycles. The van der Waals surface area contributed by atoms with E-state index in [0.717, 1.165) is 0 Å². The van der Waals surface area contributed by atoms with E-state index in [9.17, 15) is 4.79 Å². The van der Waals surface area contributed by atoms with Gasteiger partial charge >= 0.3 is 5.97 Å². The molecule has 6 heteroatoms. The van der Waals surface area contributed by atoms with Crippen LogP contribution in [0.3, 0.4) is 0 Å². The predicted octanol–water partition coefficient (Wildman–Crippen LogP) is -1.98. The molecule has 50 valence electrons. The Morgan fingerprint density at radius 2 is 1.80 bits per heavy atom. The molecule has 0 rings (SSSR count). The minimum absolute atomic E-state index is 0. The van der Waals surface area contributed by atoms with Crippen molar-refractivity contribution in [1.82, 2.24) is 0 Å². The van der Waals surface area contributed by atoms with E-state index in [0.29, 0.717) is 0 Å². The third kappa shape index (κ3) is 7.50. The Morgan fingerprint density at radius 3 is 1.80 bits per heavy atom. The van der Waals surface area contributed by atoms with Crippen LogP contribution >= 0.6 is 0 Å². The van der Waals surface area contributed by atoms with Crippen LogP contribution in [0, 0.1) is 0 Å². The second kappa shape index (κ2) is 8.49. The molecule has 0 fully saturated rings. The van der Waals surface area contributed by atoms with Gasteiger partial charge in [0, 0.05) is 59.1 Å². The molecule has 2 radical (unpaired) electrons. The minimum atomic E-state index is -1.18. The van der Waals surface area contributed by atoms with Crippen LogP contribution in [0.15, 0.2) is 0 Å². The Hall–Kier alpha value is 1.39. The van der Waals surface area contributed by atoms with E-state index in [1.54, 1.807) is 0 Å². The van der Waals surface area contributed by atoms with Crippen molar-refractivity contribution in [3.05, 3.63) is 0 Å². The molecule has 0 saturated carbocycles. The van der Waals surface area contributed by atoms with Gasteiger partial charge in [-0.3, -0.25) is 4.79 Å². The zero-order valence-electron chi connectivity index (χ0n) is 6.53. The molecule has 10 heavy (non-hydrogen) atoms. The van der Waals surface area contributed by atoms with Gasteiger partial charge in [-0.15, -0.1) is 0 Å². The SMILES string of the molecule is C[C@@H](O)[C@H](N)C(=O)O.[Na].[Na]. The first-order valence-electron chi connectivity index (χ1n) is 2.22. The van der Waals surface area contributed by atoms with Gasteiger partial charge in [0.2, 0.25) is 0 Å². The van der Waals surface area contributed by atoms with Crippen molar-refractivity contribution in [2.75, 3.05) is 0 Å². The van der Waals surface area contributed by atoms with E-state index >= 15 is 0 Å². The molecule has 0 aliphatic heterocycles. The molecule has 0 bridgehead atoms. The quantitative estimate of drug-likeness (QED) is 0.414. The molecule has 0 heterocycles. The molecule has 0 unspecified atom stereocenters. The van der Waals surface area contributed by atoms with Crippen molar-refractivity contribution in [3.63, 3.8) is 0 Å². The van der Waals surface area contributed by atoms with E-state index in [1.807, 2.05) is 0 Å². The van der Waals surface area contributed by atoms with Crippen LogP contribution in [-0.2, 0) is 4.79 Å². The maximum Gasteiger partial charge on any atom is 0.323 e. The van der Waals surface area contributed by atoms with Gasteiger partial charge in [0.15, 0.2) is 0 Å². The van der Waals surface area contributed by atoms with E-state index in [1.165, 1.54) is 6.92 Å². The van der Waals surface area contributed by atoms with Crippen LogP contribution in [0.1, 0.15) is 6.92 Å². The van der Waals surface area contributed by atoms with Crippen LogP contribution in [-0.4, -0.2) is 87.4 Å². The molecule has 0 aliphatic carbocycles. The number of aliphatic carboxylic acids is 1. The first kappa shape index (κ1) is 17.5. The van der Waals surface area contributed by atoms with Gasteiger partial charge in [-0.2, -0.15) is 0 Å². The van der Waals surface area contributed by atoms with Crippen molar-refractivity contribution < 1.29 is 15.0 Å². The number of aliphatic hydroxyl groups is 1. The van der Waals surface area contributed by atoms with Gasteiger partial charge in [-0.1, -0.05) is 0 Å². The van der Waals surface area contributed by atoms with Crippen molar-refractivity contribution in [3.8, 4) is 0 Å². The van der Waals surface area contributed by atoms with Crippen molar-refractivity contribution >= 4 is 65.1 Å². The second-order valence-corrected chi connectivity index (χ2v) is 1.60. The standard InChI is InChI=1S/C4H9NO3.2Na/c1-2(6)3(5)4(7)8;;/h2-3,6H,5H2,1H3,(H,7,8);;/t2-,3+;;/m1../s1. The van der Waals surface area contributed by atoms with Gasteiger partial charge in [0.25, 0.3) is 0 Å². The number of aliphatic hydroxyl groups excluding tert-OH is 1. The fraction of sp³-hybridized carbons (Fsp3) is 0.750. The third-order valence-electron chi connectivity index (χ3n) is 0.805. The molecular formula is C4H9NNa2O3. The zero-order valence-corrected chi connectivity index (χ0v) is 10.5. The molecular weight excluding hydrogens is 156 g/mol. The van der Waals surface area contributed by atoms with Gasteiger partial charge in [0.1, 0.15) is 6.04 Å². The maximum atomic E-state index is 9.86. The van der Waals surface area contributed by atoms with Crippen molar-refractivity contribution in [2.24, 2.45) is 5.73 Å². The summed E-state index contributed by atoms with van der Waals surface area (Å²) in [6.07, 6.45) is -0.979. The van der Waals surface area contributed by atoms with Crippen LogP contribution in [0.4, 0.5) is 0 Å². The molecule has 2 atom stereocenters. The normalized spacial score (nSPS) is 13.9. The number of carboxylic acids is 1. The largest absolute Gasteiger partial charge is 0.480 e. The van der Waals surface area contributed by atoms with E-state index in [-0.39, 0.29) is 59.1 Å². The molecule has 0 amide bonds. The predicted molar refractivity (Wildman–Crippen MR) is 38.8 cm³/mol. The first-order valence-corrected chi connectivity index (χ1v) is 2.22. The monoisotopic (exact) mass is 165 g/mol. The number of nitrogens with two attached hydrogens (primary N) is 1. The molecule has 0 saturated heterocycles. The number of hydrogen-bond donors (Lipinski definition) is 3. The molecule has 0 aromatic rings. The average molecular weight is 165 g/mol. The Kier molecular flexibility index (Phi) is 14.8. The fourth-order valence-electron chi connectivity index (χ4n) is 0.206. The summed E-state index contributed by atoms with van der Waals surface area (Å²) in [5.74, 6) is -1.18. The summed E-state index contributed by atoms with van der Waals surface area (Å²) in [7, 11) is 0. The number of carbonyl (C=O) groups is 1. The molecule has 0 aliphatic rings. The number of carboxylic acid groups (broad SMARTS) is 1. The van der Waals surface area contributed by atoms with Gasteiger partial charge in [0.05, 0.1) is 6.10 Å². The Bertz CT molecular complexity index is 98.5. The molecule has 0 spiro atoms. The minimum Gasteiger partial charge on any atom is -0.480 e. The van der Waals surface area contributed by atoms with Crippen molar-refractivity contribution in [1.29, 1.82) is 0 Å². The fourth-order valence-corrected chi connectivity index (χ4v) is 0.206. The van der Waals surface area contributed by atoms with Crippen LogP contribution < -0.4 is 5.73 Å². The van der Waals surface area contributed by atoms with E-state index in [4.69, 9.17) is 15.9 Å². The molecule has 4 N–H and O–H groups in total. The van der Waals surface area contributed by atoms with Crippen LogP contribution in [0.5, 0.6) is 0 Å². The Morgan fingerprint density at radius 1 is 1.50 bits per heavy atom. The number of hydrogen-bond acceptors (Lipinski definition) is 3. The Labute approximate surface area is 104 Å². The summed E-state index contributed by atoms with van der Waals surface area (Å²) < 4.78 is 0. The average Bonchev–Trinajstić information content (AvgIpc) is 1.64. The van der Waals surface area contributed by atoms with E-state index in [2.05, 4.69) is 0 Å². The number of rotatable bonds is 2. The van der Waals surface area contributed by atoms with Crippen molar-refractivity contribution in [2.45, 2.75) is 19.1 Å². The van der Waals surface area contributed by atoms with E-state index < -0.39 is 18.1 Å². The third-order valence-corrected chi connectivity index (χ3v) is 0.805. The molecule has 0 aromatic carbocycles. The topological polar surface area (TPSA) is 83.5 Å². The summed E-state index contributed by atoms with van der Waals surface area (Å²) >= 11 is 0. The summed E-state index contributed by atoms with van der Waals surface area (Å²) in [6, 6.07) is -1.16. The smallest absolute Gasteiger partial charge is 0.323 e. The molecule has 4 nitrogen and oxygen atoms in total. The second-order valence-electron chi connectivity index (χ2n) is 1.60. The van der Waals surface area contributed by atoms with Gasteiger partial charge < -0.3 is 15.9 Å². The van der Waals surface area contributed by atoms with Gasteiger partial charge in [-0.25, -0.2) is 0 Å². The maximum absolute atomic E-state index is 9.86. The summed E-state index contributed by atoms with van der Waals surface area (Å²) in [6.45, 7) is 1.33. The van der Waals surface area contributed by atoms with Crippen LogP contribution in [0.2, 0.25) is 0 Å². The summed E-state index contributed by atoms with van der Waals surface area (Å²) in [4.78, 5) is 9.86.